The van der Waals surface area contributed by atoms with Gasteiger partial charge in [0.15, 0.2) is 0 Å². The molecule has 2 aromatic carbocycles. The lowest BCUT2D eigenvalue weighted by atomic mass is 9.96. The van der Waals surface area contributed by atoms with Crippen molar-refractivity contribution in [2.75, 3.05) is 45.7 Å². The summed E-state index contributed by atoms with van der Waals surface area (Å²) >= 11 is 0. The number of nitrogens with zero attached hydrogens (tertiary/aromatic N) is 2. The van der Waals surface area contributed by atoms with E-state index < -0.39 is 0 Å². The zero-order valence-corrected chi connectivity index (χ0v) is 24.5. The molecule has 1 aliphatic heterocycles. The van der Waals surface area contributed by atoms with Crippen molar-refractivity contribution >= 4 is 17.6 Å². The fourth-order valence-electron chi connectivity index (χ4n) is 5.76. The average molecular weight is 551 g/mol. The highest BCUT2D eigenvalue weighted by Gasteiger charge is 2.28. The van der Waals surface area contributed by atoms with Gasteiger partial charge in [-0.05, 0) is 55.9 Å². The maximum atomic E-state index is 13.6. The number of anilines is 1. The number of likely N-dealkylation sites (N-methyl/N-ethyl adjacent to an activating group) is 1. The Hall–Kier alpha value is -3.10. The maximum Gasteiger partial charge on any atom is 0.319 e. The van der Waals surface area contributed by atoms with E-state index in [1.807, 2.05) is 6.07 Å². The second-order valence-electron chi connectivity index (χ2n) is 11.5. The van der Waals surface area contributed by atoms with Crippen LogP contribution in [0, 0.1) is 5.92 Å². The number of ether oxygens (including phenoxy) is 2. The third-order valence-corrected chi connectivity index (χ3v) is 8.30. The molecule has 1 saturated carbocycles. The number of nitrogens with one attached hydrogen (secondary N) is 2. The van der Waals surface area contributed by atoms with E-state index in [-0.39, 0.29) is 36.0 Å². The first-order chi connectivity index (χ1) is 19.3. The summed E-state index contributed by atoms with van der Waals surface area (Å²) in [5, 5.41) is 6.00. The molecule has 3 amide bonds. The van der Waals surface area contributed by atoms with Gasteiger partial charge in [0.1, 0.15) is 12.4 Å². The fourth-order valence-corrected chi connectivity index (χ4v) is 5.76. The molecule has 0 aromatic heterocycles. The van der Waals surface area contributed by atoms with Crippen LogP contribution < -0.4 is 15.4 Å². The summed E-state index contributed by atoms with van der Waals surface area (Å²) in [6, 6.07) is 15.9. The fraction of sp³-hybridized carbons (Fsp3) is 0.562. The predicted octanol–water partition coefficient (Wildman–Crippen LogP) is 5.19. The van der Waals surface area contributed by atoms with Crippen LogP contribution in [0.5, 0.6) is 5.75 Å². The summed E-state index contributed by atoms with van der Waals surface area (Å²) in [5.74, 6) is 0.566. The number of amides is 3. The minimum Gasteiger partial charge on any atom is -0.491 e. The third kappa shape index (κ3) is 8.21. The summed E-state index contributed by atoms with van der Waals surface area (Å²) in [4.78, 5) is 30.5. The van der Waals surface area contributed by atoms with Crippen LogP contribution in [0.15, 0.2) is 48.5 Å². The smallest absolute Gasteiger partial charge is 0.319 e. The molecule has 0 unspecified atom stereocenters. The lowest BCUT2D eigenvalue weighted by Gasteiger charge is -2.36. The molecule has 8 heteroatoms. The van der Waals surface area contributed by atoms with Crippen molar-refractivity contribution in [2.24, 2.45) is 5.92 Å². The second kappa shape index (κ2) is 14.5. The van der Waals surface area contributed by atoms with Crippen molar-refractivity contribution in [2.45, 2.75) is 70.6 Å². The van der Waals surface area contributed by atoms with Gasteiger partial charge in [-0.25, -0.2) is 4.79 Å². The Morgan fingerprint density at radius 3 is 2.52 bits per heavy atom. The first-order valence-corrected chi connectivity index (χ1v) is 14.7. The van der Waals surface area contributed by atoms with Gasteiger partial charge in [0, 0.05) is 51.6 Å². The van der Waals surface area contributed by atoms with Gasteiger partial charge in [-0.1, -0.05) is 56.5 Å². The van der Waals surface area contributed by atoms with Gasteiger partial charge in [-0.2, -0.15) is 0 Å². The van der Waals surface area contributed by atoms with Gasteiger partial charge >= 0.3 is 6.03 Å². The molecular weight excluding hydrogens is 504 g/mol. The Morgan fingerprint density at radius 1 is 1.05 bits per heavy atom. The molecule has 3 atom stereocenters. The summed E-state index contributed by atoms with van der Waals surface area (Å²) in [5.41, 5.74) is 2.31. The van der Waals surface area contributed by atoms with Crippen LogP contribution in [0.2, 0.25) is 0 Å². The predicted molar refractivity (Wildman–Crippen MR) is 159 cm³/mol. The van der Waals surface area contributed by atoms with Crippen molar-refractivity contribution in [1.29, 1.82) is 0 Å². The molecular formula is C32H46N4O4. The lowest BCUT2D eigenvalue weighted by Crippen LogP contribution is -2.47. The highest BCUT2D eigenvalue weighted by atomic mass is 16.5. The summed E-state index contributed by atoms with van der Waals surface area (Å²) in [6.07, 6.45) is 6.36. The number of hydrogen-bond donors (Lipinski definition) is 2. The molecule has 8 nitrogen and oxygen atoms in total. The molecule has 1 aliphatic carbocycles. The van der Waals surface area contributed by atoms with Crippen LogP contribution in [-0.2, 0) is 11.2 Å². The molecule has 0 saturated heterocycles. The molecule has 218 valence electrons. The summed E-state index contributed by atoms with van der Waals surface area (Å²) < 4.78 is 12.2. The van der Waals surface area contributed by atoms with Crippen LogP contribution in [0.1, 0.15) is 61.9 Å². The van der Waals surface area contributed by atoms with Gasteiger partial charge in [0.25, 0.3) is 5.91 Å². The van der Waals surface area contributed by atoms with Gasteiger partial charge in [0.05, 0.1) is 11.7 Å². The van der Waals surface area contributed by atoms with Gasteiger partial charge in [-0.3, -0.25) is 9.69 Å². The van der Waals surface area contributed by atoms with E-state index in [9.17, 15) is 9.59 Å². The summed E-state index contributed by atoms with van der Waals surface area (Å²) in [6.45, 7) is 6.99. The SMILES string of the molecule is CO[C@@H]1CN(C)C(=O)c2cc(NC(=O)NC3CCCCC3)ccc2OC[C@H](C)N(CCc2ccccc2)C[C@@H]1C. The van der Waals surface area contributed by atoms with Crippen LogP contribution in [0.25, 0.3) is 0 Å². The normalized spacial score (nSPS) is 23.4. The highest BCUT2D eigenvalue weighted by Crippen LogP contribution is 2.27. The Morgan fingerprint density at radius 2 is 1.80 bits per heavy atom. The monoisotopic (exact) mass is 550 g/mol. The minimum atomic E-state index is -0.238. The maximum absolute atomic E-state index is 13.6. The number of carbonyl (C=O) groups is 2. The lowest BCUT2D eigenvalue weighted by molar-refractivity contribution is 0.0109. The van der Waals surface area contributed by atoms with Gasteiger partial charge < -0.3 is 25.0 Å². The number of methoxy groups -OCH3 is 1. The topological polar surface area (TPSA) is 83.1 Å². The standard InChI is InChI=1S/C32H46N4O4/c1-23-20-36(18-17-25-11-7-5-8-12-25)24(2)22-40-29-16-15-27(34-32(38)33-26-13-9-6-10-14-26)19-28(29)31(37)35(3)21-30(23)39-4/h5,7-8,11-12,15-16,19,23-24,26,30H,6,9-10,13-14,17-18,20-22H2,1-4H3,(H2,33,34,38)/t23-,24-,30+/m0/s1. The number of urea groups is 1. The quantitative estimate of drug-likeness (QED) is 0.517. The van der Waals surface area contributed by atoms with Crippen molar-refractivity contribution in [3.63, 3.8) is 0 Å². The molecule has 0 radical (unpaired) electrons. The number of rotatable bonds is 6. The first-order valence-electron chi connectivity index (χ1n) is 14.7. The molecule has 2 aliphatic rings. The van der Waals surface area contributed by atoms with E-state index in [0.29, 0.717) is 30.2 Å². The van der Waals surface area contributed by atoms with Crippen molar-refractivity contribution in [3.8, 4) is 5.75 Å². The molecule has 0 spiro atoms. The molecule has 0 bridgehead atoms. The van der Waals surface area contributed by atoms with Crippen LogP contribution in [0.3, 0.4) is 0 Å². The molecule has 1 fully saturated rings. The van der Waals surface area contributed by atoms with E-state index in [0.717, 1.165) is 45.2 Å². The average Bonchev–Trinajstić information content (AvgIpc) is 2.97. The Bertz CT molecular complexity index is 1110. The van der Waals surface area contributed by atoms with E-state index in [1.54, 1.807) is 37.3 Å². The zero-order chi connectivity index (χ0) is 28.5. The largest absolute Gasteiger partial charge is 0.491 e. The number of hydrogen-bond acceptors (Lipinski definition) is 5. The van der Waals surface area contributed by atoms with Crippen molar-refractivity contribution < 1.29 is 19.1 Å². The molecule has 1 heterocycles. The van der Waals surface area contributed by atoms with E-state index >= 15 is 0 Å². The van der Waals surface area contributed by atoms with Crippen LogP contribution in [-0.4, -0.2) is 80.3 Å². The van der Waals surface area contributed by atoms with Crippen LogP contribution in [0.4, 0.5) is 10.5 Å². The third-order valence-electron chi connectivity index (χ3n) is 8.30. The van der Waals surface area contributed by atoms with E-state index in [1.165, 1.54) is 12.0 Å². The van der Waals surface area contributed by atoms with Gasteiger partial charge in [0.2, 0.25) is 0 Å². The van der Waals surface area contributed by atoms with E-state index in [4.69, 9.17) is 9.47 Å². The number of benzene rings is 2. The molecule has 40 heavy (non-hydrogen) atoms. The molecule has 4 rings (SSSR count). The highest BCUT2D eigenvalue weighted by molar-refractivity contribution is 5.99. The van der Waals surface area contributed by atoms with Crippen LogP contribution >= 0.6 is 0 Å². The zero-order valence-electron chi connectivity index (χ0n) is 24.5. The first kappa shape index (κ1) is 29.9. The van der Waals surface area contributed by atoms with Crippen molar-refractivity contribution in [3.05, 3.63) is 59.7 Å². The Balaban J connectivity index is 1.52. The molecule has 2 aromatic rings. The minimum absolute atomic E-state index is 0.119. The molecule has 2 N–H and O–H groups in total. The number of fused-ring (bicyclic) bond motifs is 1. The number of carbonyl (C=O) groups excluding carboxylic acids is 2. The Kier molecular flexibility index (Phi) is 10.8. The van der Waals surface area contributed by atoms with Gasteiger partial charge in [-0.15, -0.1) is 0 Å². The van der Waals surface area contributed by atoms with E-state index in [2.05, 4.69) is 53.6 Å². The van der Waals surface area contributed by atoms with Crippen molar-refractivity contribution in [1.82, 2.24) is 15.1 Å². The summed E-state index contributed by atoms with van der Waals surface area (Å²) in [7, 11) is 3.51. The Labute approximate surface area is 239 Å². The second-order valence-corrected chi connectivity index (χ2v) is 11.5.